The Balaban J connectivity index is 1.45. The highest BCUT2D eigenvalue weighted by Gasteiger charge is 2.35. The van der Waals surface area contributed by atoms with Crippen LogP contribution in [-0.2, 0) is 4.79 Å². The molecule has 1 atom stereocenters. The van der Waals surface area contributed by atoms with Crippen molar-refractivity contribution < 1.29 is 14.5 Å². The van der Waals surface area contributed by atoms with E-state index >= 15 is 0 Å². The van der Waals surface area contributed by atoms with E-state index in [2.05, 4.69) is 15.5 Å². The van der Waals surface area contributed by atoms with Gasteiger partial charge in [-0.15, -0.1) is 10.2 Å². The third-order valence-corrected chi connectivity index (χ3v) is 5.95. The monoisotopic (exact) mass is 437 g/mol. The van der Waals surface area contributed by atoms with Crippen LogP contribution in [0.1, 0.15) is 28.8 Å². The molecule has 1 aromatic heterocycles. The maximum atomic E-state index is 12.9. The minimum absolute atomic E-state index is 0.0899. The van der Waals surface area contributed by atoms with Gasteiger partial charge in [-0.05, 0) is 38.0 Å². The zero-order chi connectivity index (χ0) is 22.0. The quantitative estimate of drug-likeness (QED) is 0.481. The molecule has 2 amide bonds. The van der Waals surface area contributed by atoms with Gasteiger partial charge in [0.05, 0.1) is 4.92 Å². The molecule has 158 valence electrons. The second-order valence-corrected chi connectivity index (χ2v) is 8.21. The van der Waals surface area contributed by atoms with Crippen molar-refractivity contribution in [1.29, 1.82) is 0 Å². The smallest absolute Gasteiger partial charge is 0.269 e. The number of non-ortho nitro benzene ring substituents is 1. The lowest BCUT2D eigenvalue weighted by atomic mass is 10.1. The van der Waals surface area contributed by atoms with E-state index in [0.717, 1.165) is 11.1 Å². The second-order valence-electron chi connectivity index (χ2n) is 7.23. The first-order valence-corrected chi connectivity index (χ1v) is 10.5. The van der Waals surface area contributed by atoms with E-state index in [4.69, 9.17) is 0 Å². The summed E-state index contributed by atoms with van der Waals surface area (Å²) in [5, 5.41) is 22.9. The number of hydrogen-bond acceptors (Lipinski definition) is 7. The Morgan fingerprint density at radius 2 is 1.97 bits per heavy atom. The van der Waals surface area contributed by atoms with Gasteiger partial charge in [0.15, 0.2) is 0 Å². The molecule has 10 heteroatoms. The normalized spacial score (nSPS) is 15.6. The second kappa shape index (κ2) is 8.60. The molecule has 0 aliphatic carbocycles. The fourth-order valence-electron chi connectivity index (χ4n) is 3.53. The zero-order valence-electron chi connectivity index (χ0n) is 16.6. The Morgan fingerprint density at radius 3 is 2.68 bits per heavy atom. The number of nitro groups is 1. The molecule has 1 N–H and O–H groups in total. The van der Waals surface area contributed by atoms with Gasteiger partial charge < -0.3 is 4.90 Å². The van der Waals surface area contributed by atoms with Crippen molar-refractivity contribution in [3.05, 3.63) is 69.8 Å². The number of likely N-dealkylation sites (tertiary alicyclic amines) is 1. The molecule has 31 heavy (non-hydrogen) atoms. The molecular weight excluding hydrogens is 418 g/mol. The minimum atomic E-state index is -0.631. The van der Waals surface area contributed by atoms with E-state index in [1.54, 1.807) is 0 Å². The average molecular weight is 437 g/mol. The predicted molar refractivity (Wildman–Crippen MR) is 116 cm³/mol. The summed E-state index contributed by atoms with van der Waals surface area (Å²) in [6, 6.07) is 12.6. The van der Waals surface area contributed by atoms with Gasteiger partial charge in [-0.3, -0.25) is 25.0 Å². The summed E-state index contributed by atoms with van der Waals surface area (Å²) >= 11 is 1.27. The number of rotatable bonds is 5. The maximum Gasteiger partial charge on any atom is 0.269 e. The number of nitrogens with zero attached hydrogens (tertiary/aromatic N) is 4. The van der Waals surface area contributed by atoms with Crippen molar-refractivity contribution >= 4 is 34.0 Å². The van der Waals surface area contributed by atoms with Crippen LogP contribution in [0.2, 0.25) is 0 Å². The van der Waals surface area contributed by atoms with E-state index < -0.39 is 11.0 Å². The first kappa shape index (κ1) is 20.6. The van der Waals surface area contributed by atoms with E-state index in [1.807, 2.05) is 31.2 Å². The van der Waals surface area contributed by atoms with Crippen molar-refractivity contribution in [2.45, 2.75) is 25.8 Å². The number of nitro benzene ring substituents is 1. The molecule has 9 nitrogen and oxygen atoms in total. The van der Waals surface area contributed by atoms with Gasteiger partial charge in [0, 0.05) is 29.8 Å². The van der Waals surface area contributed by atoms with Crippen LogP contribution in [0.5, 0.6) is 0 Å². The molecule has 1 saturated heterocycles. The summed E-state index contributed by atoms with van der Waals surface area (Å²) in [5.74, 6) is -0.648. The number of aromatic nitrogens is 2. The van der Waals surface area contributed by atoms with Crippen molar-refractivity contribution in [1.82, 2.24) is 15.1 Å². The molecule has 0 saturated carbocycles. The molecule has 2 heterocycles. The number of nitrogens with one attached hydrogen (secondary N) is 1. The Morgan fingerprint density at radius 1 is 1.19 bits per heavy atom. The van der Waals surface area contributed by atoms with Gasteiger partial charge >= 0.3 is 0 Å². The lowest BCUT2D eigenvalue weighted by Crippen LogP contribution is -2.43. The lowest BCUT2D eigenvalue weighted by molar-refractivity contribution is -0.384. The number of aryl methyl sites for hydroxylation is 1. The van der Waals surface area contributed by atoms with E-state index in [-0.39, 0.29) is 17.5 Å². The molecule has 3 aromatic rings. The summed E-state index contributed by atoms with van der Waals surface area (Å²) in [6.07, 6.45) is 1.23. The summed E-state index contributed by atoms with van der Waals surface area (Å²) in [7, 11) is 0. The molecule has 1 unspecified atom stereocenters. The number of carbonyl (C=O) groups excluding carboxylic acids is 2. The van der Waals surface area contributed by atoms with Gasteiger partial charge in [0.2, 0.25) is 11.0 Å². The molecule has 0 bridgehead atoms. The van der Waals surface area contributed by atoms with Crippen molar-refractivity contribution in [2.75, 3.05) is 11.9 Å². The fraction of sp³-hybridized carbons (Fsp3) is 0.238. The minimum Gasteiger partial charge on any atom is -0.327 e. The largest absolute Gasteiger partial charge is 0.327 e. The first-order valence-electron chi connectivity index (χ1n) is 9.69. The molecule has 4 rings (SSSR count). The number of hydrogen-bond donors (Lipinski definition) is 1. The van der Waals surface area contributed by atoms with Crippen molar-refractivity contribution in [3.63, 3.8) is 0 Å². The van der Waals surface area contributed by atoms with E-state index in [0.29, 0.717) is 35.1 Å². The highest BCUT2D eigenvalue weighted by molar-refractivity contribution is 7.18. The molecular formula is C21H19N5O4S. The van der Waals surface area contributed by atoms with E-state index in [1.165, 1.54) is 40.5 Å². The third kappa shape index (κ3) is 4.43. The fourth-order valence-corrected chi connectivity index (χ4v) is 4.27. The summed E-state index contributed by atoms with van der Waals surface area (Å²) < 4.78 is 0. The summed E-state index contributed by atoms with van der Waals surface area (Å²) in [5.41, 5.74) is 2.24. The van der Waals surface area contributed by atoms with Crippen LogP contribution in [-0.4, -0.2) is 44.4 Å². The molecule has 1 aliphatic heterocycles. The van der Waals surface area contributed by atoms with Gasteiger partial charge in [0.25, 0.3) is 11.6 Å². The Labute approximate surface area is 181 Å². The van der Waals surface area contributed by atoms with Gasteiger partial charge in [0.1, 0.15) is 11.0 Å². The molecule has 1 aliphatic rings. The highest BCUT2D eigenvalue weighted by atomic mass is 32.1. The zero-order valence-corrected chi connectivity index (χ0v) is 17.5. The third-order valence-electron chi connectivity index (χ3n) is 5.06. The molecule has 0 radical (unpaired) electrons. The maximum absolute atomic E-state index is 12.9. The molecule has 0 spiro atoms. The molecule has 2 aromatic carbocycles. The van der Waals surface area contributed by atoms with Crippen LogP contribution in [0.15, 0.2) is 48.5 Å². The summed E-state index contributed by atoms with van der Waals surface area (Å²) in [6.45, 7) is 2.43. The van der Waals surface area contributed by atoms with E-state index in [9.17, 15) is 19.7 Å². The van der Waals surface area contributed by atoms with Crippen LogP contribution in [0.4, 0.5) is 10.8 Å². The van der Waals surface area contributed by atoms with Crippen molar-refractivity contribution in [2.24, 2.45) is 0 Å². The van der Waals surface area contributed by atoms with Gasteiger partial charge in [-0.2, -0.15) is 0 Å². The Hall–Kier alpha value is -3.66. The van der Waals surface area contributed by atoms with Crippen LogP contribution in [0.3, 0.4) is 0 Å². The highest BCUT2D eigenvalue weighted by Crippen LogP contribution is 2.28. The topological polar surface area (TPSA) is 118 Å². The molecule has 1 fully saturated rings. The summed E-state index contributed by atoms with van der Waals surface area (Å²) in [4.78, 5) is 37.5. The number of benzene rings is 2. The SMILES string of the molecule is Cc1cccc(-c2nnc(NC(=O)C3CCCN3C(=O)c3ccc([N+](=O)[O-])cc3)s2)c1. The van der Waals surface area contributed by atoms with Crippen molar-refractivity contribution in [3.8, 4) is 10.6 Å². The van der Waals surface area contributed by atoms with Crippen LogP contribution >= 0.6 is 11.3 Å². The number of anilines is 1. The first-order chi connectivity index (χ1) is 14.9. The Kier molecular flexibility index (Phi) is 5.72. The number of carbonyl (C=O) groups is 2. The van der Waals surface area contributed by atoms with Crippen LogP contribution in [0.25, 0.3) is 10.6 Å². The van der Waals surface area contributed by atoms with Crippen LogP contribution < -0.4 is 5.32 Å². The Bertz CT molecular complexity index is 1140. The predicted octanol–water partition coefficient (Wildman–Crippen LogP) is 3.67. The average Bonchev–Trinajstić information content (AvgIpc) is 3.43. The van der Waals surface area contributed by atoms with Gasteiger partial charge in [-0.25, -0.2) is 0 Å². The van der Waals surface area contributed by atoms with Gasteiger partial charge in [-0.1, -0.05) is 35.1 Å². The standard InChI is InChI=1S/C21H19N5O4S/c1-13-4-2-5-15(12-13)19-23-24-21(31-19)22-18(27)17-6-3-11-25(17)20(28)14-7-9-16(10-8-14)26(29)30/h2,4-5,7-10,12,17H,3,6,11H2,1H3,(H,22,24,27). The lowest BCUT2D eigenvalue weighted by Gasteiger charge is -2.23. The van der Waals surface area contributed by atoms with Crippen LogP contribution in [0, 0.1) is 17.0 Å². The number of amides is 2.